The smallest absolute Gasteiger partial charge is 0.335 e. The summed E-state index contributed by atoms with van der Waals surface area (Å²) in [4.78, 5) is 35.6. The number of allylic oxidation sites excluding steroid dienone is 1. The minimum atomic E-state index is -1.04. The lowest BCUT2D eigenvalue weighted by Crippen LogP contribution is -2.24. The molecule has 2 aromatic carbocycles. The molecule has 0 saturated heterocycles. The van der Waals surface area contributed by atoms with E-state index in [0.717, 1.165) is 0 Å². The molecule has 0 radical (unpaired) electrons. The van der Waals surface area contributed by atoms with E-state index in [1.807, 2.05) is 0 Å². The number of nitrogens with one attached hydrogen (secondary N) is 2. The number of hydrogen-bond donors (Lipinski definition) is 3. The number of anilines is 1. The second-order valence-corrected chi connectivity index (χ2v) is 8.09. The molecule has 1 aromatic heterocycles. The van der Waals surface area contributed by atoms with E-state index in [1.165, 1.54) is 36.0 Å². The molecule has 0 aliphatic carbocycles. The van der Waals surface area contributed by atoms with Crippen molar-refractivity contribution in [2.75, 3.05) is 11.1 Å². The van der Waals surface area contributed by atoms with Crippen LogP contribution in [0.1, 0.15) is 26.5 Å². The number of carbonyl (C=O) groups is 3. The maximum atomic E-state index is 12.4. The number of nitrogens with zero attached hydrogens (tertiary/aromatic N) is 3. The molecular formula is C22H20ClN5O4S. The van der Waals surface area contributed by atoms with E-state index >= 15 is 0 Å². The quantitative estimate of drug-likeness (QED) is 0.296. The molecule has 170 valence electrons. The van der Waals surface area contributed by atoms with Crippen LogP contribution in [0, 0.1) is 0 Å². The topological polar surface area (TPSA) is 126 Å². The Bertz CT molecular complexity index is 1180. The van der Waals surface area contributed by atoms with Gasteiger partial charge in [0.1, 0.15) is 0 Å². The molecule has 0 bridgehead atoms. The van der Waals surface area contributed by atoms with E-state index in [1.54, 1.807) is 34.9 Å². The van der Waals surface area contributed by atoms with Crippen molar-refractivity contribution in [3.8, 4) is 0 Å². The number of halogens is 1. The van der Waals surface area contributed by atoms with Gasteiger partial charge in [0.05, 0.1) is 17.9 Å². The minimum Gasteiger partial charge on any atom is -0.478 e. The summed E-state index contributed by atoms with van der Waals surface area (Å²) in [5.41, 5.74) is 1.05. The van der Waals surface area contributed by atoms with Gasteiger partial charge in [-0.3, -0.25) is 9.59 Å². The summed E-state index contributed by atoms with van der Waals surface area (Å²) in [7, 11) is 0. The highest BCUT2D eigenvalue weighted by Gasteiger charge is 2.15. The fraction of sp³-hybridized carbons (Fsp3) is 0.136. The molecule has 11 heteroatoms. The number of rotatable bonds is 10. The summed E-state index contributed by atoms with van der Waals surface area (Å²) in [5, 5.41) is 23.6. The van der Waals surface area contributed by atoms with E-state index in [-0.39, 0.29) is 29.7 Å². The molecule has 0 saturated carbocycles. The Morgan fingerprint density at radius 3 is 2.55 bits per heavy atom. The Morgan fingerprint density at radius 1 is 1.12 bits per heavy atom. The lowest BCUT2D eigenvalue weighted by Gasteiger charge is -2.09. The first-order valence-corrected chi connectivity index (χ1v) is 11.1. The average Bonchev–Trinajstić information content (AvgIpc) is 3.18. The maximum Gasteiger partial charge on any atom is 0.335 e. The van der Waals surface area contributed by atoms with Crippen LogP contribution in [0.5, 0.6) is 0 Å². The normalized spacial score (nSPS) is 10.5. The third-order valence-corrected chi connectivity index (χ3v) is 5.55. The molecule has 3 aromatic rings. The number of carboxylic acid groups (broad SMARTS) is 1. The number of aromatic nitrogens is 3. The largest absolute Gasteiger partial charge is 0.478 e. The third-order valence-electron chi connectivity index (χ3n) is 4.35. The summed E-state index contributed by atoms with van der Waals surface area (Å²) in [6.45, 7) is 4.26. The van der Waals surface area contributed by atoms with E-state index < -0.39 is 5.97 Å². The molecule has 0 aliphatic heterocycles. The van der Waals surface area contributed by atoms with Gasteiger partial charge in [0.15, 0.2) is 11.0 Å². The van der Waals surface area contributed by atoms with Crippen LogP contribution in [0.3, 0.4) is 0 Å². The number of carbonyl (C=O) groups excluding carboxylic acids is 2. The first-order valence-electron chi connectivity index (χ1n) is 9.70. The van der Waals surface area contributed by atoms with Crippen LogP contribution in [0.4, 0.5) is 5.69 Å². The molecule has 0 atom stereocenters. The standard InChI is InChI=1S/C22H20ClN5O4S/c1-2-10-28-18(12-24-20(30)15-4-3-5-16(23)11-15)26-27-22(28)33-13-19(29)25-17-8-6-14(7-9-17)21(31)32/h2-9,11H,1,10,12-13H2,(H,24,30)(H,25,29)(H,31,32). The predicted octanol–water partition coefficient (Wildman–Crippen LogP) is 3.48. The van der Waals surface area contributed by atoms with Crippen LogP contribution >= 0.6 is 23.4 Å². The van der Waals surface area contributed by atoms with Crippen molar-refractivity contribution >= 4 is 46.8 Å². The van der Waals surface area contributed by atoms with E-state index in [0.29, 0.717) is 33.8 Å². The Labute approximate surface area is 198 Å². The highest BCUT2D eigenvalue weighted by molar-refractivity contribution is 7.99. The zero-order valence-electron chi connectivity index (χ0n) is 17.3. The minimum absolute atomic E-state index is 0.0603. The van der Waals surface area contributed by atoms with Crippen molar-refractivity contribution in [2.45, 2.75) is 18.2 Å². The van der Waals surface area contributed by atoms with Gasteiger partial charge in [0, 0.05) is 22.8 Å². The van der Waals surface area contributed by atoms with Gasteiger partial charge < -0.3 is 20.3 Å². The van der Waals surface area contributed by atoms with E-state index in [4.69, 9.17) is 16.7 Å². The lowest BCUT2D eigenvalue weighted by molar-refractivity contribution is -0.113. The number of aromatic carboxylic acids is 1. The van der Waals surface area contributed by atoms with Crippen LogP contribution < -0.4 is 10.6 Å². The fourth-order valence-electron chi connectivity index (χ4n) is 2.78. The van der Waals surface area contributed by atoms with Crippen LogP contribution in [-0.4, -0.2) is 43.4 Å². The van der Waals surface area contributed by atoms with Crippen molar-refractivity contribution in [2.24, 2.45) is 0 Å². The summed E-state index contributed by atoms with van der Waals surface area (Å²) < 4.78 is 1.75. The van der Waals surface area contributed by atoms with Gasteiger partial charge in [0.25, 0.3) is 5.91 Å². The number of thioether (sulfide) groups is 1. The van der Waals surface area contributed by atoms with E-state index in [2.05, 4.69) is 27.4 Å². The molecule has 1 heterocycles. The van der Waals surface area contributed by atoms with Gasteiger partial charge in [0.2, 0.25) is 5.91 Å². The molecule has 3 N–H and O–H groups in total. The van der Waals surface area contributed by atoms with Gasteiger partial charge >= 0.3 is 5.97 Å². The first-order chi connectivity index (χ1) is 15.9. The zero-order chi connectivity index (χ0) is 23.8. The molecule has 2 amide bonds. The van der Waals surface area contributed by atoms with Gasteiger partial charge in [-0.05, 0) is 42.5 Å². The van der Waals surface area contributed by atoms with Crippen molar-refractivity contribution in [1.82, 2.24) is 20.1 Å². The van der Waals surface area contributed by atoms with Gasteiger partial charge in [-0.15, -0.1) is 16.8 Å². The SMILES string of the molecule is C=CCn1c(CNC(=O)c2cccc(Cl)c2)nnc1SCC(=O)Nc1ccc(C(=O)O)cc1. The van der Waals surface area contributed by atoms with Crippen LogP contribution in [0.25, 0.3) is 0 Å². The molecule has 0 spiro atoms. The Morgan fingerprint density at radius 2 is 1.88 bits per heavy atom. The second kappa shape index (κ2) is 11.3. The molecule has 0 fully saturated rings. The summed E-state index contributed by atoms with van der Waals surface area (Å²) in [6, 6.07) is 12.5. The molecular weight excluding hydrogens is 466 g/mol. The average molecular weight is 486 g/mol. The molecule has 33 heavy (non-hydrogen) atoms. The van der Waals surface area contributed by atoms with Crippen molar-refractivity contribution in [3.05, 3.63) is 83.2 Å². The highest BCUT2D eigenvalue weighted by atomic mass is 35.5. The van der Waals surface area contributed by atoms with Gasteiger partial charge in [-0.25, -0.2) is 4.79 Å². The van der Waals surface area contributed by atoms with E-state index in [9.17, 15) is 14.4 Å². The highest BCUT2D eigenvalue weighted by Crippen LogP contribution is 2.18. The molecule has 0 unspecified atom stereocenters. The van der Waals surface area contributed by atoms with Crippen LogP contribution in [-0.2, 0) is 17.9 Å². The Kier molecular flexibility index (Phi) is 8.22. The predicted molar refractivity (Wildman–Crippen MR) is 126 cm³/mol. The summed E-state index contributed by atoms with van der Waals surface area (Å²) in [6.07, 6.45) is 1.67. The third kappa shape index (κ3) is 6.67. The lowest BCUT2D eigenvalue weighted by atomic mass is 10.2. The monoisotopic (exact) mass is 485 g/mol. The van der Waals surface area contributed by atoms with Crippen molar-refractivity contribution < 1.29 is 19.5 Å². The Balaban J connectivity index is 1.59. The summed E-state index contributed by atoms with van der Waals surface area (Å²) >= 11 is 7.11. The van der Waals surface area contributed by atoms with Crippen molar-refractivity contribution in [1.29, 1.82) is 0 Å². The van der Waals surface area contributed by atoms with Gasteiger partial charge in [-0.1, -0.05) is 35.5 Å². The molecule has 0 aliphatic rings. The van der Waals surface area contributed by atoms with Crippen molar-refractivity contribution in [3.63, 3.8) is 0 Å². The first kappa shape index (κ1) is 24.0. The number of carboxylic acids is 1. The fourth-order valence-corrected chi connectivity index (χ4v) is 3.74. The molecule has 9 nitrogen and oxygen atoms in total. The van der Waals surface area contributed by atoms with Gasteiger partial charge in [-0.2, -0.15) is 0 Å². The van der Waals surface area contributed by atoms with Crippen LogP contribution in [0.15, 0.2) is 66.3 Å². The number of amides is 2. The van der Waals surface area contributed by atoms with Crippen LogP contribution in [0.2, 0.25) is 5.02 Å². The Hall–Kier alpha value is -3.63. The summed E-state index contributed by atoms with van der Waals surface area (Å²) in [5.74, 6) is -1.05. The molecule has 3 rings (SSSR count). The number of hydrogen-bond acceptors (Lipinski definition) is 6. The zero-order valence-corrected chi connectivity index (χ0v) is 18.9. The number of benzene rings is 2. The maximum absolute atomic E-state index is 12.4. The second-order valence-electron chi connectivity index (χ2n) is 6.71.